The molecule has 0 aliphatic rings. The van der Waals surface area contributed by atoms with Crippen LogP contribution in [-0.2, 0) is 0 Å². The van der Waals surface area contributed by atoms with E-state index in [1.807, 2.05) is 0 Å². The second-order valence-corrected chi connectivity index (χ2v) is 6.66. The summed E-state index contributed by atoms with van der Waals surface area (Å²) in [5.74, 6) is -6.00. The Balaban J connectivity index is 2.44. The second-order valence-electron chi connectivity index (χ2n) is 6.66. The molecule has 36 heteroatoms. The number of nitro groups is 4. The molecule has 2 aromatic heterocycles. The summed E-state index contributed by atoms with van der Waals surface area (Å²) in [5, 5.41) is 55.7. The number of nitrogens with two attached hydrogens (primary N) is 4. The molecular formula is C10H16N28O8. The molecule has 0 spiro atoms. The zero-order chi connectivity index (χ0) is 34.2. The molecule has 2 heterocycles. The maximum atomic E-state index is 10.5. The highest BCUT2D eigenvalue weighted by Gasteiger charge is 2.12. The first kappa shape index (κ1) is 33.7. The van der Waals surface area contributed by atoms with Crippen molar-refractivity contribution >= 4 is 59.5 Å². The van der Waals surface area contributed by atoms with Gasteiger partial charge in [0.15, 0.2) is 20.1 Å². The minimum Gasteiger partial charge on any atom is -0.363 e. The van der Waals surface area contributed by atoms with Crippen molar-refractivity contribution in [3.8, 4) is 0 Å². The summed E-state index contributed by atoms with van der Waals surface area (Å²) >= 11 is 0. The van der Waals surface area contributed by atoms with Crippen molar-refractivity contribution in [1.29, 1.82) is 0 Å². The standard InChI is InChI=1S/C10H16N28O8/c11-1(31-35(39)40)21-25-5-15-6(26-22-2(12)32-36(41)42)18-9(17-5)29-30-10-19-7(27-23-3(13)33-37(43)44)16-8(20-10)28-24-4(14)34-38(45)46/h(H3,11,21,31)(H3,12,22,32)(H3,13,23,33)(H3,14,24,34)(H2,15,17,18,25,26)(H2,16,19,20,27,28). The van der Waals surface area contributed by atoms with Crippen LogP contribution < -0.4 is 66.3 Å². The molecule has 36 nitrogen and oxygen atoms in total. The van der Waals surface area contributed by atoms with Gasteiger partial charge in [0.1, 0.15) is 20.4 Å². The van der Waals surface area contributed by atoms with Crippen LogP contribution in [-0.4, -0.2) is 73.9 Å². The number of hydrogen-bond donors (Lipinski definition) is 12. The quantitative estimate of drug-likeness (QED) is 0.0296. The average Bonchev–Trinajstić information content (AvgIpc) is 2.94. The summed E-state index contributed by atoms with van der Waals surface area (Å²) in [6, 6.07) is 0. The fourth-order valence-electron chi connectivity index (χ4n) is 2.06. The smallest absolute Gasteiger partial charge is 0.284 e. The minimum atomic E-state index is -1.12. The van der Waals surface area contributed by atoms with Crippen LogP contribution in [0, 0.1) is 40.5 Å². The van der Waals surface area contributed by atoms with Gasteiger partial charge in [-0.2, -0.15) is 29.9 Å². The Morgan fingerprint density at radius 2 is 0.674 bits per heavy atom. The van der Waals surface area contributed by atoms with E-state index in [9.17, 15) is 40.5 Å². The van der Waals surface area contributed by atoms with Crippen LogP contribution in [0.4, 0.5) is 35.7 Å². The molecule has 0 aromatic carbocycles. The fourth-order valence-corrected chi connectivity index (χ4v) is 2.06. The summed E-state index contributed by atoms with van der Waals surface area (Å²) in [5.41, 5.74) is 38.3. The number of guanidine groups is 4. The van der Waals surface area contributed by atoms with Gasteiger partial charge < -0.3 is 22.9 Å². The van der Waals surface area contributed by atoms with Gasteiger partial charge in [-0.25, -0.2) is 40.5 Å². The monoisotopic (exact) mass is 656 g/mol. The predicted molar refractivity (Wildman–Crippen MR) is 145 cm³/mol. The summed E-state index contributed by atoms with van der Waals surface area (Å²) in [6.07, 6.45) is 0. The van der Waals surface area contributed by atoms with Gasteiger partial charge in [-0.15, -0.1) is 10.2 Å². The molecule has 46 heavy (non-hydrogen) atoms. The molecule has 0 bridgehead atoms. The molecule has 0 saturated carbocycles. The van der Waals surface area contributed by atoms with Crippen molar-refractivity contribution in [2.45, 2.75) is 0 Å². The predicted octanol–water partition coefficient (Wildman–Crippen LogP) is -5.84. The Bertz CT molecular complexity index is 1390. The number of anilines is 4. The molecule has 0 atom stereocenters. The van der Waals surface area contributed by atoms with Gasteiger partial charge in [0.25, 0.3) is 35.7 Å². The minimum absolute atomic E-state index is 0.464. The maximum absolute atomic E-state index is 10.5. The SMILES string of the molecule is N/C(=N/[N+](=O)[O-])NNc1nc(N=Nc2nc(NN/C(N)=N\[N+](=O)[O-])nc(NN/C(N)=N\[N+](=O)[O-])n2)nc(NN/C(N)=N\[N+](=O)[O-])n1. The fraction of sp³-hybridized carbons (Fsp3) is 0. The molecule has 2 rings (SSSR count). The first-order valence-electron chi connectivity index (χ1n) is 10.6. The van der Waals surface area contributed by atoms with E-state index >= 15 is 0 Å². The molecule has 0 amide bonds. The van der Waals surface area contributed by atoms with E-state index in [-0.39, 0.29) is 0 Å². The number of aromatic nitrogens is 6. The first-order chi connectivity index (χ1) is 21.7. The van der Waals surface area contributed by atoms with E-state index < -0.39 is 79.7 Å². The normalized spacial score (nSPS) is 12.1. The van der Waals surface area contributed by atoms with E-state index in [1.54, 1.807) is 0 Å². The maximum Gasteiger partial charge on any atom is 0.284 e. The lowest BCUT2D eigenvalue weighted by Gasteiger charge is -2.09. The molecular weight excluding hydrogens is 640 g/mol. The Kier molecular flexibility index (Phi) is 11.8. The number of nitrogens with zero attached hydrogens (tertiary/aromatic N) is 16. The van der Waals surface area contributed by atoms with E-state index in [1.165, 1.54) is 0 Å². The lowest BCUT2D eigenvalue weighted by molar-refractivity contribution is -0.485. The zero-order valence-electron chi connectivity index (χ0n) is 21.7. The number of rotatable bonds is 14. The molecule has 244 valence electrons. The van der Waals surface area contributed by atoms with Crippen LogP contribution in [0.2, 0.25) is 0 Å². The average molecular weight is 656 g/mol. The Hall–Kier alpha value is -8.50. The van der Waals surface area contributed by atoms with Gasteiger partial charge in [-0.1, -0.05) is 0 Å². The number of hydrazone groups is 4. The highest BCUT2D eigenvalue weighted by atomic mass is 16.7. The second kappa shape index (κ2) is 16.1. The molecule has 16 N–H and O–H groups in total. The molecule has 2 aromatic rings. The van der Waals surface area contributed by atoms with Crippen molar-refractivity contribution in [2.24, 2.45) is 53.6 Å². The van der Waals surface area contributed by atoms with E-state index in [4.69, 9.17) is 22.9 Å². The third kappa shape index (κ3) is 13.2. The van der Waals surface area contributed by atoms with Gasteiger partial charge in [0, 0.05) is 0 Å². The van der Waals surface area contributed by atoms with Crippen LogP contribution >= 0.6 is 0 Å². The molecule has 0 unspecified atom stereocenters. The Labute approximate surface area is 247 Å². The lowest BCUT2D eigenvalue weighted by Crippen LogP contribution is -2.38. The highest BCUT2D eigenvalue weighted by Crippen LogP contribution is 2.16. The molecule has 0 fully saturated rings. The van der Waals surface area contributed by atoms with Crippen LogP contribution in [0.25, 0.3) is 0 Å². The van der Waals surface area contributed by atoms with Crippen LogP contribution in [0.1, 0.15) is 0 Å². The molecule has 0 saturated heterocycles. The van der Waals surface area contributed by atoms with Crippen LogP contribution in [0.15, 0.2) is 30.6 Å². The number of hydrazine groups is 4. The highest BCUT2D eigenvalue weighted by molar-refractivity contribution is 5.79. The van der Waals surface area contributed by atoms with Crippen LogP contribution in [0.5, 0.6) is 0 Å². The van der Waals surface area contributed by atoms with Gasteiger partial charge >= 0.3 is 0 Å². The van der Waals surface area contributed by atoms with E-state index in [2.05, 4.69) is 104 Å². The van der Waals surface area contributed by atoms with Gasteiger partial charge in [-0.05, 0) is 0 Å². The van der Waals surface area contributed by atoms with Gasteiger partial charge in [0.05, 0.1) is 0 Å². The largest absolute Gasteiger partial charge is 0.363 e. The van der Waals surface area contributed by atoms with E-state index in [0.717, 1.165) is 0 Å². The third-order valence-corrected chi connectivity index (χ3v) is 3.44. The summed E-state index contributed by atoms with van der Waals surface area (Å²) < 4.78 is 0. The van der Waals surface area contributed by atoms with Crippen molar-refractivity contribution in [3.63, 3.8) is 0 Å². The molecule has 0 aliphatic carbocycles. The molecule has 0 radical (unpaired) electrons. The van der Waals surface area contributed by atoms with E-state index in [0.29, 0.717) is 0 Å². The van der Waals surface area contributed by atoms with Gasteiger partial charge in [-0.3, -0.25) is 43.4 Å². The Morgan fingerprint density at radius 3 is 0.870 bits per heavy atom. The topological polar surface area (TPSA) is 524 Å². The zero-order valence-corrected chi connectivity index (χ0v) is 21.7. The number of azo groups is 1. The third-order valence-electron chi connectivity index (χ3n) is 3.44. The van der Waals surface area contributed by atoms with Crippen molar-refractivity contribution in [1.82, 2.24) is 51.6 Å². The van der Waals surface area contributed by atoms with Crippen molar-refractivity contribution < 1.29 is 20.1 Å². The number of nitrogens with one attached hydrogen (secondary N) is 8. The van der Waals surface area contributed by atoms with Crippen molar-refractivity contribution in [3.05, 3.63) is 40.5 Å². The summed E-state index contributed by atoms with van der Waals surface area (Å²) in [6.45, 7) is 0. The van der Waals surface area contributed by atoms with Crippen LogP contribution in [0.3, 0.4) is 0 Å². The summed E-state index contributed by atoms with van der Waals surface area (Å²) in [7, 11) is 0. The lowest BCUT2D eigenvalue weighted by atomic mass is 10.8. The van der Waals surface area contributed by atoms with Crippen molar-refractivity contribution in [2.75, 3.05) is 21.7 Å². The Morgan fingerprint density at radius 1 is 0.457 bits per heavy atom. The summed E-state index contributed by atoms with van der Waals surface area (Å²) in [4.78, 5) is 64.6. The van der Waals surface area contributed by atoms with Gasteiger partial charge in [0.2, 0.25) is 23.8 Å². The molecule has 0 aliphatic heterocycles. The first-order valence-corrected chi connectivity index (χ1v) is 10.6. The number of hydrogen-bond acceptors (Lipinski definition) is 20.